The Morgan fingerprint density at radius 1 is 1.06 bits per heavy atom. The minimum Gasteiger partial charge on any atom is -0.214 e. The standard InChI is InChI=1S/C8H19OP.C5H5.2HI.Ir/c1-3-5-7-10(9)8-6-4-2;1-2-4-5-3-1;;;/h9H,3-8H2,1-2H3;1-5H;2*1H;/q;-1;;;+3/p-2. The fourth-order valence-electron chi connectivity index (χ4n) is 1.11. The normalized spacial score (nSPS) is 9.44. The van der Waals surface area contributed by atoms with Crippen molar-refractivity contribution >= 4 is 47.3 Å². The summed E-state index contributed by atoms with van der Waals surface area (Å²) in [5.41, 5.74) is 0. The Kier molecular flexibility index (Phi) is 26.0. The summed E-state index contributed by atoms with van der Waals surface area (Å²) in [7, 11) is -0.152. The number of hydrogen-bond acceptors (Lipinski definition) is 1. The Hall–Kier alpha value is 1.85. The second kappa shape index (κ2) is 21.2. The molecule has 0 fully saturated rings. The van der Waals surface area contributed by atoms with Crippen molar-refractivity contribution in [2.45, 2.75) is 39.5 Å². The average Bonchev–Trinajstić information content (AvgIpc) is 2.93. The maximum atomic E-state index is 9.38. The van der Waals surface area contributed by atoms with Gasteiger partial charge in [-0.15, -0.1) is 0 Å². The number of hydrogen-bond donors (Lipinski definition) is 1. The zero-order valence-corrected chi connectivity index (χ0v) is 18.7. The monoisotopic (exact) mass is 674 g/mol. The molecule has 0 saturated carbocycles. The van der Waals surface area contributed by atoms with Gasteiger partial charge in [-0.05, 0) is 25.2 Å². The van der Waals surface area contributed by atoms with E-state index in [0.717, 1.165) is 12.3 Å². The van der Waals surface area contributed by atoms with Gasteiger partial charge in [0.2, 0.25) is 0 Å². The van der Waals surface area contributed by atoms with Crippen LogP contribution in [0.15, 0.2) is 30.3 Å². The molecule has 0 radical (unpaired) electrons. The van der Waals surface area contributed by atoms with Crippen molar-refractivity contribution < 1.29 is 15.4 Å². The predicted molar refractivity (Wildman–Crippen MR) is 98.8 cm³/mol. The maximum absolute atomic E-state index is 9.38. The first-order valence-electron chi connectivity index (χ1n) is 6.17. The topological polar surface area (TPSA) is 20.2 Å². The van der Waals surface area contributed by atoms with Crippen molar-refractivity contribution in [3.05, 3.63) is 30.3 Å². The van der Waals surface area contributed by atoms with E-state index in [1.54, 1.807) is 0 Å². The third-order valence-electron chi connectivity index (χ3n) is 2.10. The number of rotatable bonds is 6. The Balaban J connectivity index is 0. The molecule has 0 heterocycles. The van der Waals surface area contributed by atoms with Crippen molar-refractivity contribution in [3.8, 4) is 0 Å². The first kappa shape index (κ1) is 22.1. The van der Waals surface area contributed by atoms with Crippen molar-refractivity contribution in [1.29, 1.82) is 0 Å². The molecule has 1 aromatic carbocycles. The molecule has 0 aliphatic rings. The van der Waals surface area contributed by atoms with Crippen LogP contribution in [0.3, 0.4) is 0 Å². The molecule has 0 amide bonds. The molecule has 18 heavy (non-hydrogen) atoms. The van der Waals surface area contributed by atoms with Crippen molar-refractivity contribution in [2.24, 2.45) is 0 Å². The van der Waals surface area contributed by atoms with Gasteiger partial charge in [-0.3, -0.25) is 0 Å². The summed E-state index contributed by atoms with van der Waals surface area (Å²) in [5.74, 6) is 0. The Labute approximate surface area is 143 Å². The fourth-order valence-corrected chi connectivity index (χ4v) is 2.70. The molecule has 0 aliphatic carbocycles. The molecule has 1 rings (SSSR count). The second-order valence-electron chi connectivity index (χ2n) is 3.67. The first-order chi connectivity index (χ1) is 8.72. The molecule has 0 aromatic heterocycles. The van der Waals surface area contributed by atoms with Crippen LogP contribution >= 0.6 is 47.3 Å². The minimum atomic E-state index is -0.592. The summed E-state index contributed by atoms with van der Waals surface area (Å²) in [6, 6.07) is 10.0. The SMILES string of the molecule is CCCCP(O)CCCC.[I][Ir+][I].c1cc[cH-]c1. The zero-order valence-electron chi connectivity index (χ0n) is 11.1. The summed E-state index contributed by atoms with van der Waals surface area (Å²) >= 11 is 4.80. The maximum Gasteiger partial charge on any atom is -0.172 e. The Morgan fingerprint density at radius 2 is 1.44 bits per heavy atom. The van der Waals surface area contributed by atoms with E-state index < -0.39 is 8.15 Å². The molecule has 1 N–H and O–H groups in total. The average molecular weight is 673 g/mol. The summed E-state index contributed by atoms with van der Waals surface area (Å²) in [6.07, 6.45) is 6.95. The van der Waals surface area contributed by atoms with Gasteiger partial charge in [-0.25, -0.2) is 12.1 Å². The van der Waals surface area contributed by atoms with Crippen LogP contribution < -0.4 is 0 Å². The molecule has 5 heteroatoms. The van der Waals surface area contributed by atoms with Gasteiger partial charge in [-0.1, -0.05) is 26.7 Å². The van der Waals surface area contributed by atoms with Crippen LogP contribution in [0.2, 0.25) is 0 Å². The van der Waals surface area contributed by atoms with Crippen LogP contribution in [-0.2, 0) is 10.5 Å². The smallest absolute Gasteiger partial charge is 0.172 e. The van der Waals surface area contributed by atoms with Gasteiger partial charge < -0.3 is 4.89 Å². The van der Waals surface area contributed by atoms with Gasteiger partial charge in [0.1, 0.15) is 0 Å². The second-order valence-corrected chi connectivity index (χ2v) is 23.1. The van der Waals surface area contributed by atoms with Gasteiger partial charge in [0.25, 0.3) is 0 Å². The molecule has 0 atom stereocenters. The van der Waals surface area contributed by atoms with E-state index in [1.165, 1.54) is 25.7 Å². The van der Waals surface area contributed by atoms with Crippen LogP contribution in [0.1, 0.15) is 39.5 Å². The number of halogens is 2. The van der Waals surface area contributed by atoms with Gasteiger partial charge in [0.05, 0.1) is 0 Å². The van der Waals surface area contributed by atoms with Crippen LogP contribution in [0, 0.1) is 0 Å². The van der Waals surface area contributed by atoms with Gasteiger partial charge in [-0.2, -0.15) is 18.2 Å². The fraction of sp³-hybridized carbons (Fsp3) is 0.615. The van der Waals surface area contributed by atoms with E-state index in [9.17, 15) is 4.89 Å². The first-order valence-corrected chi connectivity index (χ1v) is 21.4. The molecule has 0 bridgehead atoms. The Morgan fingerprint density at radius 3 is 1.67 bits per heavy atom. The van der Waals surface area contributed by atoms with Gasteiger partial charge >= 0.3 is 49.7 Å². The van der Waals surface area contributed by atoms with Crippen LogP contribution in [0.4, 0.5) is 0 Å². The number of unbranched alkanes of at least 4 members (excludes halogenated alkanes) is 2. The summed E-state index contributed by atoms with van der Waals surface area (Å²) in [6.45, 7) is 4.34. The van der Waals surface area contributed by atoms with Crippen molar-refractivity contribution in [3.63, 3.8) is 0 Å². The molecular formula is C13H24I2IrOP. The molecule has 0 unspecified atom stereocenters. The largest absolute Gasteiger partial charge is 0.214 e. The van der Waals surface area contributed by atoms with Crippen molar-refractivity contribution in [2.75, 3.05) is 12.3 Å². The van der Waals surface area contributed by atoms with Crippen LogP contribution in [0.25, 0.3) is 0 Å². The van der Waals surface area contributed by atoms with E-state index in [1.807, 2.05) is 30.3 Å². The molecule has 110 valence electrons. The van der Waals surface area contributed by atoms with E-state index in [-0.39, 0.29) is 0 Å². The van der Waals surface area contributed by atoms with Crippen LogP contribution in [0.5, 0.6) is 0 Å². The third-order valence-corrected chi connectivity index (χ3v) is 3.76. The van der Waals surface area contributed by atoms with Gasteiger partial charge in [0, 0.05) is 8.15 Å². The van der Waals surface area contributed by atoms with Crippen molar-refractivity contribution in [1.82, 2.24) is 0 Å². The predicted octanol–water partition coefficient (Wildman–Crippen LogP) is 6.15. The summed E-state index contributed by atoms with van der Waals surface area (Å²) in [4.78, 5) is 9.38. The third kappa shape index (κ3) is 23.0. The zero-order chi connectivity index (χ0) is 14.1. The Bertz CT molecular complexity index is 186. The molecule has 1 nitrogen and oxygen atoms in total. The molecule has 0 aliphatic heterocycles. The molecular weight excluding hydrogens is 649 g/mol. The minimum absolute atomic E-state index is 0.440. The van der Waals surface area contributed by atoms with E-state index in [0.29, 0.717) is 10.5 Å². The van der Waals surface area contributed by atoms with E-state index >= 15 is 0 Å². The quantitative estimate of drug-likeness (QED) is 0.219. The van der Waals surface area contributed by atoms with E-state index in [2.05, 4.69) is 53.0 Å². The summed E-state index contributed by atoms with van der Waals surface area (Å²) in [5, 5.41) is 0. The summed E-state index contributed by atoms with van der Waals surface area (Å²) < 4.78 is 0. The van der Waals surface area contributed by atoms with Gasteiger partial charge in [0.15, 0.2) is 0 Å². The molecule has 1 aromatic rings. The molecule has 0 spiro atoms. The van der Waals surface area contributed by atoms with E-state index in [4.69, 9.17) is 0 Å². The molecule has 0 saturated heterocycles. The van der Waals surface area contributed by atoms with Crippen LogP contribution in [-0.4, -0.2) is 17.2 Å².